The predicted octanol–water partition coefficient (Wildman–Crippen LogP) is 1.75. The van der Waals surface area contributed by atoms with Gasteiger partial charge in [-0.2, -0.15) is 0 Å². The molecule has 0 bridgehead atoms. The lowest BCUT2D eigenvalue weighted by Crippen LogP contribution is -2.42. The Kier molecular flexibility index (Phi) is 4.92. The number of hydrogen-bond acceptors (Lipinski definition) is 3. The number of carbonyl (C=O) groups excluding carboxylic acids is 1. The minimum absolute atomic E-state index is 0.0918. The van der Waals surface area contributed by atoms with Gasteiger partial charge >= 0.3 is 0 Å². The molecular formula is C14H21N3O2. The lowest BCUT2D eigenvalue weighted by atomic mass is 9.92. The number of oxime groups is 1. The normalized spacial score (nSPS) is 12.3. The van der Waals surface area contributed by atoms with Gasteiger partial charge in [-0.1, -0.05) is 38.1 Å². The fourth-order valence-corrected chi connectivity index (χ4v) is 1.52. The van der Waals surface area contributed by atoms with Gasteiger partial charge in [0, 0.05) is 17.5 Å². The molecule has 1 aromatic carbocycles. The number of carbonyl (C=O) groups is 1. The van der Waals surface area contributed by atoms with E-state index in [2.05, 4.69) is 17.4 Å². The molecule has 5 nitrogen and oxygen atoms in total. The molecule has 19 heavy (non-hydrogen) atoms. The molecule has 0 aromatic heterocycles. The Balaban J connectivity index is 2.65. The smallest absolute Gasteiger partial charge is 0.251 e. The van der Waals surface area contributed by atoms with Crippen molar-refractivity contribution in [1.29, 1.82) is 0 Å². The highest BCUT2D eigenvalue weighted by Crippen LogP contribution is 2.14. The Morgan fingerprint density at radius 2 is 1.95 bits per heavy atom. The summed E-state index contributed by atoms with van der Waals surface area (Å²) in [6.45, 7) is 5.96. The monoisotopic (exact) mass is 263 g/mol. The molecule has 0 fully saturated rings. The fourth-order valence-electron chi connectivity index (χ4n) is 1.52. The van der Waals surface area contributed by atoms with Crippen molar-refractivity contribution in [3.63, 3.8) is 0 Å². The second-order valence-corrected chi connectivity index (χ2v) is 5.10. The van der Waals surface area contributed by atoms with Crippen LogP contribution in [0, 0.1) is 5.41 Å². The molecule has 0 spiro atoms. The van der Waals surface area contributed by atoms with E-state index in [-0.39, 0.29) is 11.7 Å². The van der Waals surface area contributed by atoms with Gasteiger partial charge in [-0.3, -0.25) is 4.79 Å². The molecule has 0 atom stereocenters. The molecule has 4 N–H and O–H groups in total. The van der Waals surface area contributed by atoms with Crippen LogP contribution in [0.5, 0.6) is 0 Å². The summed E-state index contributed by atoms with van der Waals surface area (Å²) in [5.74, 6) is -0.0735. The number of amidine groups is 1. The molecular weight excluding hydrogens is 242 g/mol. The van der Waals surface area contributed by atoms with Crippen molar-refractivity contribution in [1.82, 2.24) is 5.32 Å². The second-order valence-electron chi connectivity index (χ2n) is 5.10. The van der Waals surface area contributed by atoms with E-state index in [0.29, 0.717) is 12.1 Å². The van der Waals surface area contributed by atoms with E-state index in [1.54, 1.807) is 26.0 Å². The first-order chi connectivity index (χ1) is 8.90. The summed E-state index contributed by atoms with van der Waals surface area (Å²) in [5, 5.41) is 14.4. The van der Waals surface area contributed by atoms with Crippen LogP contribution in [0.3, 0.4) is 0 Å². The summed E-state index contributed by atoms with van der Waals surface area (Å²) in [7, 11) is 0. The SMILES string of the molecule is CCc1ccc(C(=O)NCC(C)(C)/C(N)=N/O)cc1. The zero-order chi connectivity index (χ0) is 14.5. The van der Waals surface area contributed by atoms with Crippen LogP contribution in [0.25, 0.3) is 0 Å². The largest absolute Gasteiger partial charge is 0.409 e. The molecule has 0 aliphatic heterocycles. The summed E-state index contributed by atoms with van der Waals surface area (Å²) in [6, 6.07) is 7.46. The average molecular weight is 263 g/mol. The Labute approximate surface area is 113 Å². The van der Waals surface area contributed by atoms with E-state index >= 15 is 0 Å². The Hall–Kier alpha value is -2.04. The quantitative estimate of drug-likeness (QED) is 0.327. The van der Waals surface area contributed by atoms with Crippen LogP contribution >= 0.6 is 0 Å². The molecule has 5 heteroatoms. The van der Waals surface area contributed by atoms with Crippen molar-refractivity contribution in [3.05, 3.63) is 35.4 Å². The number of nitrogens with one attached hydrogen (secondary N) is 1. The first-order valence-corrected chi connectivity index (χ1v) is 6.26. The molecule has 1 rings (SSSR count). The summed E-state index contributed by atoms with van der Waals surface area (Å²) >= 11 is 0. The van der Waals surface area contributed by atoms with Crippen LogP contribution in [-0.2, 0) is 6.42 Å². The zero-order valence-corrected chi connectivity index (χ0v) is 11.6. The summed E-state index contributed by atoms with van der Waals surface area (Å²) in [4.78, 5) is 11.9. The highest BCUT2D eigenvalue weighted by molar-refractivity contribution is 5.95. The van der Waals surface area contributed by atoms with E-state index < -0.39 is 5.41 Å². The number of aryl methyl sites for hydroxylation is 1. The average Bonchev–Trinajstić information content (AvgIpc) is 2.43. The number of benzene rings is 1. The van der Waals surface area contributed by atoms with E-state index in [1.807, 2.05) is 12.1 Å². The van der Waals surface area contributed by atoms with E-state index in [4.69, 9.17) is 10.9 Å². The topological polar surface area (TPSA) is 87.7 Å². The van der Waals surface area contributed by atoms with Crippen LogP contribution in [0.4, 0.5) is 0 Å². The number of amides is 1. The van der Waals surface area contributed by atoms with Crippen LogP contribution in [0.1, 0.15) is 36.7 Å². The highest BCUT2D eigenvalue weighted by Gasteiger charge is 2.24. The van der Waals surface area contributed by atoms with Crippen molar-refractivity contribution < 1.29 is 10.0 Å². The van der Waals surface area contributed by atoms with E-state index in [1.165, 1.54) is 5.56 Å². The predicted molar refractivity (Wildman–Crippen MR) is 75.3 cm³/mol. The lowest BCUT2D eigenvalue weighted by molar-refractivity contribution is 0.0944. The minimum atomic E-state index is -0.590. The Morgan fingerprint density at radius 1 is 1.37 bits per heavy atom. The summed E-state index contributed by atoms with van der Waals surface area (Å²) in [6.07, 6.45) is 0.943. The van der Waals surface area contributed by atoms with Crippen molar-refractivity contribution in [2.75, 3.05) is 6.54 Å². The van der Waals surface area contributed by atoms with Gasteiger partial charge in [-0.05, 0) is 24.1 Å². The molecule has 0 aliphatic carbocycles. The van der Waals surface area contributed by atoms with E-state index in [9.17, 15) is 4.79 Å². The van der Waals surface area contributed by atoms with Crippen molar-refractivity contribution >= 4 is 11.7 Å². The number of rotatable bonds is 5. The summed E-state index contributed by atoms with van der Waals surface area (Å²) < 4.78 is 0. The van der Waals surface area contributed by atoms with Gasteiger partial charge in [0.1, 0.15) is 5.84 Å². The third-order valence-corrected chi connectivity index (χ3v) is 3.12. The van der Waals surface area contributed by atoms with Gasteiger partial charge in [0.05, 0.1) is 0 Å². The first kappa shape index (κ1) is 15.0. The lowest BCUT2D eigenvalue weighted by Gasteiger charge is -2.23. The van der Waals surface area contributed by atoms with Crippen LogP contribution < -0.4 is 11.1 Å². The van der Waals surface area contributed by atoms with E-state index in [0.717, 1.165) is 6.42 Å². The molecule has 0 saturated carbocycles. The molecule has 0 unspecified atom stereocenters. The number of nitrogens with two attached hydrogens (primary N) is 1. The maximum atomic E-state index is 11.9. The van der Waals surface area contributed by atoms with Crippen molar-refractivity contribution in [2.24, 2.45) is 16.3 Å². The molecule has 0 aliphatic rings. The van der Waals surface area contributed by atoms with Gasteiger partial charge < -0.3 is 16.3 Å². The number of nitrogens with zero attached hydrogens (tertiary/aromatic N) is 1. The third-order valence-electron chi connectivity index (χ3n) is 3.12. The molecule has 0 radical (unpaired) electrons. The first-order valence-electron chi connectivity index (χ1n) is 6.26. The van der Waals surface area contributed by atoms with Gasteiger partial charge in [-0.15, -0.1) is 0 Å². The van der Waals surface area contributed by atoms with Gasteiger partial charge in [0.15, 0.2) is 0 Å². The van der Waals surface area contributed by atoms with Gasteiger partial charge in [-0.25, -0.2) is 0 Å². The fraction of sp³-hybridized carbons (Fsp3) is 0.429. The zero-order valence-electron chi connectivity index (χ0n) is 11.6. The van der Waals surface area contributed by atoms with Crippen LogP contribution in [-0.4, -0.2) is 23.5 Å². The molecule has 1 aromatic rings. The molecule has 0 heterocycles. The van der Waals surface area contributed by atoms with Crippen molar-refractivity contribution in [3.8, 4) is 0 Å². The Morgan fingerprint density at radius 3 is 2.42 bits per heavy atom. The van der Waals surface area contributed by atoms with Gasteiger partial charge in [0.25, 0.3) is 5.91 Å². The molecule has 1 amide bonds. The minimum Gasteiger partial charge on any atom is -0.409 e. The standard InChI is InChI=1S/C14H21N3O2/c1-4-10-5-7-11(8-6-10)12(18)16-9-14(2,3)13(15)17-19/h5-8,19H,4,9H2,1-3H3,(H2,15,17)(H,16,18). The van der Waals surface area contributed by atoms with Crippen LogP contribution in [0.2, 0.25) is 0 Å². The molecule has 104 valence electrons. The third kappa shape index (κ3) is 3.98. The molecule has 0 saturated heterocycles. The highest BCUT2D eigenvalue weighted by atomic mass is 16.4. The number of hydrogen-bond donors (Lipinski definition) is 3. The summed E-state index contributed by atoms with van der Waals surface area (Å²) in [5.41, 5.74) is 6.77. The van der Waals surface area contributed by atoms with Crippen LogP contribution in [0.15, 0.2) is 29.4 Å². The maximum Gasteiger partial charge on any atom is 0.251 e. The van der Waals surface area contributed by atoms with Crippen molar-refractivity contribution in [2.45, 2.75) is 27.2 Å². The maximum absolute atomic E-state index is 11.9. The van der Waals surface area contributed by atoms with Gasteiger partial charge in [0.2, 0.25) is 0 Å². The Bertz CT molecular complexity index is 464. The second kappa shape index (κ2) is 6.22.